The van der Waals surface area contributed by atoms with Crippen LogP contribution in [-0.2, 0) is 11.2 Å². The van der Waals surface area contributed by atoms with Crippen LogP contribution in [0.4, 0.5) is 0 Å². The predicted octanol–water partition coefficient (Wildman–Crippen LogP) is 1.44. The van der Waals surface area contributed by atoms with E-state index in [1.165, 1.54) is 0 Å². The Labute approximate surface area is 120 Å². The van der Waals surface area contributed by atoms with Gasteiger partial charge in [-0.25, -0.2) is 0 Å². The van der Waals surface area contributed by atoms with Gasteiger partial charge in [-0.3, -0.25) is 4.79 Å². The zero-order valence-electron chi connectivity index (χ0n) is 12.7. The van der Waals surface area contributed by atoms with Crippen molar-refractivity contribution in [3.63, 3.8) is 0 Å². The molecule has 1 aromatic rings. The molecule has 1 atom stereocenters. The van der Waals surface area contributed by atoms with Crippen molar-refractivity contribution in [1.29, 1.82) is 0 Å². The maximum absolute atomic E-state index is 12.2. The van der Waals surface area contributed by atoms with Crippen molar-refractivity contribution in [2.75, 3.05) is 27.8 Å². The van der Waals surface area contributed by atoms with Crippen molar-refractivity contribution in [1.82, 2.24) is 4.90 Å². The Balaban J connectivity index is 2.75. The molecule has 1 rings (SSSR count). The van der Waals surface area contributed by atoms with E-state index < -0.39 is 0 Å². The van der Waals surface area contributed by atoms with Crippen LogP contribution in [0.15, 0.2) is 18.2 Å². The molecule has 0 aliphatic heterocycles. The molecule has 0 radical (unpaired) electrons. The lowest BCUT2D eigenvalue weighted by Crippen LogP contribution is -2.37. The molecule has 2 N–H and O–H groups in total. The van der Waals surface area contributed by atoms with Crippen LogP contribution in [0.1, 0.15) is 18.9 Å². The first-order valence-corrected chi connectivity index (χ1v) is 6.70. The number of benzene rings is 1. The highest BCUT2D eigenvalue weighted by atomic mass is 16.5. The zero-order chi connectivity index (χ0) is 15.1. The van der Waals surface area contributed by atoms with Crippen LogP contribution in [0.5, 0.6) is 11.5 Å². The van der Waals surface area contributed by atoms with Gasteiger partial charge in [0, 0.05) is 13.1 Å². The lowest BCUT2D eigenvalue weighted by molar-refractivity contribution is -0.131. The summed E-state index contributed by atoms with van der Waals surface area (Å²) in [5, 5.41) is 0. The third-order valence-electron chi connectivity index (χ3n) is 3.44. The van der Waals surface area contributed by atoms with E-state index in [0.717, 1.165) is 12.0 Å². The molecule has 0 aromatic heterocycles. The van der Waals surface area contributed by atoms with Crippen LogP contribution in [0.3, 0.4) is 0 Å². The molecule has 1 aromatic carbocycles. The summed E-state index contributed by atoms with van der Waals surface area (Å²) in [5.41, 5.74) is 6.42. The Bertz CT molecular complexity index is 449. The molecule has 0 saturated carbocycles. The van der Waals surface area contributed by atoms with Gasteiger partial charge in [-0.2, -0.15) is 0 Å². The van der Waals surface area contributed by atoms with Crippen molar-refractivity contribution < 1.29 is 14.3 Å². The first-order chi connectivity index (χ1) is 9.53. The quantitative estimate of drug-likeness (QED) is 0.821. The summed E-state index contributed by atoms with van der Waals surface area (Å²) in [5.74, 6) is 1.36. The number of hydrogen-bond donors (Lipinski definition) is 1. The summed E-state index contributed by atoms with van der Waals surface area (Å²) in [4.78, 5) is 13.9. The number of hydrogen-bond acceptors (Lipinski definition) is 4. The monoisotopic (exact) mass is 280 g/mol. The van der Waals surface area contributed by atoms with Crippen LogP contribution in [0.25, 0.3) is 0 Å². The Morgan fingerprint density at radius 3 is 2.50 bits per heavy atom. The molecule has 1 unspecified atom stereocenters. The second kappa shape index (κ2) is 7.75. The number of nitrogens with two attached hydrogens (primary N) is 1. The number of methoxy groups -OCH3 is 2. The van der Waals surface area contributed by atoms with Gasteiger partial charge in [0.2, 0.25) is 5.91 Å². The third kappa shape index (κ3) is 4.13. The maximum Gasteiger partial charge on any atom is 0.226 e. The van der Waals surface area contributed by atoms with E-state index in [0.29, 0.717) is 24.5 Å². The van der Waals surface area contributed by atoms with E-state index in [1.54, 1.807) is 19.1 Å². The molecule has 0 fully saturated rings. The first kappa shape index (κ1) is 16.3. The largest absolute Gasteiger partial charge is 0.493 e. The van der Waals surface area contributed by atoms with Gasteiger partial charge in [0.25, 0.3) is 0 Å². The van der Waals surface area contributed by atoms with Crippen LogP contribution < -0.4 is 15.2 Å². The molecule has 5 nitrogen and oxygen atoms in total. The smallest absolute Gasteiger partial charge is 0.226 e. The highest BCUT2D eigenvalue weighted by Crippen LogP contribution is 2.27. The average Bonchev–Trinajstić information content (AvgIpc) is 2.46. The average molecular weight is 280 g/mol. The van der Waals surface area contributed by atoms with E-state index in [2.05, 4.69) is 0 Å². The number of amides is 1. The first-order valence-electron chi connectivity index (χ1n) is 6.70. The normalized spacial score (nSPS) is 11.8. The van der Waals surface area contributed by atoms with E-state index in [4.69, 9.17) is 15.2 Å². The summed E-state index contributed by atoms with van der Waals surface area (Å²) in [6, 6.07) is 5.66. The minimum absolute atomic E-state index is 0.0677. The van der Waals surface area contributed by atoms with Gasteiger partial charge in [-0.15, -0.1) is 0 Å². The lowest BCUT2D eigenvalue weighted by Gasteiger charge is -2.24. The highest BCUT2D eigenvalue weighted by Gasteiger charge is 2.16. The van der Waals surface area contributed by atoms with E-state index in [9.17, 15) is 4.79 Å². The van der Waals surface area contributed by atoms with Gasteiger partial charge in [0.15, 0.2) is 11.5 Å². The fourth-order valence-electron chi connectivity index (χ4n) is 1.97. The Hall–Kier alpha value is -1.75. The molecule has 0 heterocycles. The number of carbonyl (C=O) groups is 1. The van der Waals surface area contributed by atoms with Crippen LogP contribution in [-0.4, -0.2) is 44.7 Å². The second-order valence-corrected chi connectivity index (χ2v) is 4.80. The van der Waals surface area contributed by atoms with Crippen molar-refractivity contribution in [2.45, 2.75) is 25.8 Å². The number of rotatable bonds is 7. The maximum atomic E-state index is 12.2. The molecule has 0 aliphatic carbocycles. The van der Waals surface area contributed by atoms with Crippen LogP contribution >= 0.6 is 0 Å². The van der Waals surface area contributed by atoms with E-state index in [-0.39, 0.29) is 11.9 Å². The Kier molecular flexibility index (Phi) is 6.31. The summed E-state index contributed by atoms with van der Waals surface area (Å²) in [6.45, 7) is 2.58. The molecular weight excluding hydrogens is 256 g/mol. The van der Waals surface area contributed by atoms with Gasteiger partial charge in [0.1, 0.15) is 0 Å². The number of likely N-dealkylation sites (N-methyl/N-ethyl adjacent to an activating group) is 1. The summed E-state index contributed by atoms with van der Waals surface area (Å²) >= 11 is 0. The van der Waals surface area contributed by atoms with Gasteiger partial charge in [-0.1, -0.05) is 6.07 Å². The fourth-order valence-corrected chi connectivity index (χ4v) is 1.97. The van der Waals surface area contributed by atoms with Gasteiger partial charge in [-0.05, 0) is 37.6 Å². The van der Waals surface area contributed by atoms with Gasteiger partial charge >= 0.3 is 0 Å². The molecule has 0 aliphatic rings. The lowest BCUT2D eigenvalue weighted by atomic mass is 10.1. The van der Waals surface area contributed by atoms with Crippen molar-refractivity contribution in [3.05, 3.63) is 23.8 Å². The summed E-state index contributed by atoms with van der Waals surface area (Å²) in [7, 11) is 4.98. The fraction of sp³-hybridized carbons (Fsp3) is 0.533. The summed E-state index contributed by atoms with van der Waals surface area (Å²) < 4.78 is 10.4. The number of ether oxygens (including phenoxy) is 2. The zero-order valence-corrected chi connectivity index (χ0v) is 12.7. The Morgan fingerprint density at radius 2 is 1.95 bits per heavy atom. The third-order valence-corrected chi connectivity index (χ3v) is 3.44. The topological polar surface area (TPSA) is 64.8 Å². The van der Waals surface area contributed by atoms with Crippen LogP contribution in [0.2, 0.25) is 0 Å². The van der Waals surface area contributed by atoms with Crippen molar-refractivity contribution in [3.8, 4) is 11.5 Å². The summed E-state index contributed by atoms with van der Waals surface area (Å²) in [6.07, 6.45) is 1.14. The molecule has 112 valence electrons. The minimum atomic E-state index is 0.0677. The minimum Gasteiger partial charge on any atom is -0.493 e. The molecule has 5 heteroatoms. The van der Waals surface area contributed by atoms with E-state index >= 15 is 0 Å². The molecular formula is C15H24N2O3. The highest BCUT2D eigenvalue weighted by molar-refractivity contribution is 5.79. The molecule has 0 saturated heterocycles. The Morgan fingerprint density at radius 1 is 1.30 bits per heavy atom. The predicted molar refractivity (Wildman–Crippen MR) is 79.2 cm³/mol. The van der Waals surface area contributed by atoms with E-state index in [1.807, 2.05) is 32.2 Å². The van der Waals surface area contributed by atoms with Crippen LogP contribution in [0, 0.1) is 0 Å². The van der Waals surface area contributed by atoms with Crippen molar-refractivity contribution in [2.24, 2.45) is 5.73 Å². The molecule has 1 amide bonds. The van der Waals surface area contributed by atoms with Gasteiger partial charge < -0.3 is 20.1 Å². The second-order valence-electron chi connectivity index (χ2n) is 4.80. The van der Waals surface area contributed by atoms with Crippen molar-refractivity contribution >= 4 is 5.91 Å². The number of nitrogens with zero attached hydrogens (tertiary/aromatic N) is 1. The molecule has 0 bridgehead atoms. The van der Waals surface area contributed by atoms with Gasteiger partial charge in [0.05, 0.1) is 20.6 Å². The SMILES string of the molecule is COc1ccc(CC(=O)N(C)C(C)CCN)cc1OC. The number of carbonyl (C=O) groups excluding carboxylic acids is 1. The standard InChI is InChI=1S/C15H24N2O3/c1-11(7-8-16)17(2)15(18)10-12-5-6-13(19-3)14(9-12)20-4/h5-6,9,11H,7-8,10,16H2,1-4H3. The molecule has 0 spiro atoms. The molecule has 20 heavy (non-hydrogen) atoms.